The lowest BCUT2D eigenvalue weighted by Gasteiger charge is -2.14. The molecule has 1 saturated carbocycles. The molecule has 0 radical (unpaired) electrons. The van der Waals surface area contributed by atoms with Crippen LogP contribution in [0.25, 0.3) is 0 Å². The first-order valence-electron chi connectivity index (χ1n) is 5.17. The van der Waals surface area contributed by atoms with Crippen LogP contribution in [0.5, 0.6) is 0 Å². The van der Waals surface area contributed by atoms with Crippen molar-refractivity contribution < 1.29 is 0 Å². The third-order valence-electron chi connectivity index (χ3n) is 3.68. The number of rotatable bonds is 0. The number of allylic oxidation sites excluding steroid dienone is 6. The summed E-state index contributed by atoms with van der Waals surface area (Å²) in [6.45, 7) is 9.09. The van der Waals surface area contributed by atoms with Gasteiger partial charge in [0, 0.05) is 5.92 Å². The summed E-state index contributed by atoms with van der Waals surface area (Å²) in [6.07, 6.45) is 6.06. The summed E-state index contributed by atoms with van der Waals surface area (Å²) >= 11 is 0. The normalized spacial score (nSPS) is 32.9. The zero-order chi connectivity index (χ0) is 9.59. The van der Waals surface area contributed by atoms with E-state index >= 15 is 0 Å². The average Bonchev–Trinajstić information content (AvgIpc) is 2.88. The Morgan fingerprint density at radius 1 is 1.08 bits per heavy atom. The van der Waals surface area contributed by atoms with Gasteiger partial charge in [-0.15, -0.1) is 0 Å². The minimum absolute atomic E-state index is 0.622. The largest absolute Gasteiger partial charge is 0.0810 e. The van der Waals surface area contributed by atoms with E-state index < -0.39 is 0 Å². The molecule has 2 aliphatic carbocycles. The molecule has 2 aliphatic rings. The number of hydrogen-bond acceptors (Lipinski definition) is 0. The zero-order valence-corrected chi connectivity index (χ0v) is 9.02. The van der Waals surface area contributed by atoms with Crippen molar-refractivity contribution in [3.05, 3.63) is 34.4 Å². The lowest BCUT2D eigenvalue weighted by atomic mass is 9.91. The van der Waals surface area contributed by atoms with Gasteiger partial charge < -0.3 is 0 Å². The van der Waals surface area contributed by atoms with E-state index in [0.29, 0.717) is 5.92 Å². The maximum absolute atomic E-state index is 2.39. The lowest BCUT2D eigenvalue weighted by molar-refractivity contribution is 0.834. The predicted molar refractivity (Wildman–Crippen MR) is 57.5 cm³/mol. The van der Waals surface area contributed by atoms with Gasteiger partial charge in [-0.3, -0.25) is 0 Å². The molecule has 0 heterocycles. The van der Waals surface area contributed by atoms with Crippen molar-refractivity contribution in [3.63, 3.8) is 0 Å². The van der Waals surface area contributed by atoms with Crippen molar-refractivity contribution in [1.82, 2.24) is 0 Å². The number of hydrogen-bond donors (Lipinski definition) is 0. The van der Waals surface area contributed by atoms with Crippen LogP contribution in [0.2, 0.25) is 0 Å². The van der Waals surface area contributed by atoms with Gasteiger partial charge in [-0.05, 0) is 44.3 Å². The Balaban J connectivity index is 2.48. The second kappa shape index (κ2) is 2.87. The second-order valence-electron chi connectivity index (χ2n) is 4.44. The summed E-state index contributed by atoms with van der Waals surface area (Å²) in [5.41, 5.74) is 6.28. The molecule has 0 bridgehead atoms. The van der Waals surface area contributed by atoms with Crippen LogP contribution < -0.4 is 0 Å². The fourth-order valence-electron chi connectivity index (χ4n) is 2.12. The van der Waals surface area contributed by atoms with Crippen LogP contribution in [0, 0.1) is 11.8 Å². The predicted octanol–water partition coefficient (Wildman–Crippen LogP) is 3.87. The standard InChI is InChI=1S/C13H18/c1-8-5-6-12-7-13(12)11(4)10(3)9(8)2/h5-6,8,12H,7H2,1-4H3. The minimum Gasteiger partial charge on any atom is -0.0810 e. The molecule has 70 valence electrons. The first kappa shape index (κ1) is 8.80. The first-order chi connectivity index (χ1) is 6.11. The highest BCUT2D eigenvalue weighted by atomic mass is 14.3. The Morgan fingerprint density at radius 3 is 2.46 bits per heavy atom. The highest BCUT2D eigenvalue weighted by molar-refractivity contribution is 5.47. The van der Waals surface area contributed by atoms with Gasteiger partial charge in [0.2, 0.25) is 0 Å². The van der Waals surface area contributed by atoms with E-state index in [1.165, 1.54) is 17.6 Å². The highest BCUT2D eigenvalue weighted by Gasteiger charge is 2.30. The van der Waals surface area contributed by atoms with E-state index in [9.17, 15) is 0 Å². The second-order valence-corrected chi connectivity index (χ2v) is 4.44. The summed E-state index contributed by atoms with van der Waals surface area (Å²) in [5.74, 6) is 1.41. The van der Waals surface area contributed by atoms with Crippen LogP contribution in [0.15, 0.2) is 34.4 Å². The van der Waals surface area contributed by atoms with E-state index in [2.05, 4.69) is 39.8 Å². The summed E-state index contributed by atoms with van der Waals surface area (Å²) in [5, 5.41) is 0. The molecule has 0 aromatic carbocycles. The Kier molecular flexibility index (Phi) is 1.94. The molecule has 2 atom stereocenters. The third kappa shape index (κ3) is 1.39. The van der Waals surface area contributed by atoms with Gasteiger partial charge in [0.05, 0.1) is 0 Å². The Labute approximate surface area is 81.0 Å². The molecule has 0 spiro atoms. The zero-order valence-electron chi connectivity index (χ0n) is 9.02. The van der Waals surface area contributed by atoms with Gasteiger partial charge in [0.25, 0.3) is 0 Å². The molecule has 0 aliphatic heterocycles. The molecular formula is C13H18. The monoisotopic (exact) mass is 174 g/mol. The minimum atomic E-state index is 0.622. The van der Waals surface area contributed by atoms with Crippen LogP contribution in [-0.2, 0) is 0 Å². The van der Waals surface area contributed by atoms with Gasteiger partial charge in [-0.25, -0.2) is 0 Å². The first-order valence-corrected chi connectivity index (χ1v) is 5.17. The molecule has 0 amide bonds. The van der Waals surface area contributed by atoms with E-state index in [4.69, 9.17) is 0 Å². The molecule has 1 fully saturated rings. The molecule has 0 heteroatoms. The summed E-state index contributed by atoms with van der Waals surface area (Å²) < 4.78 is 0. The molecule has 0 N–H and O–H groups in total. The van der Waals surface area contributed by atoms with E-state index in [0.717, 1.165) is 5.92 Å². The maximum Gasteiger partial charge on any atom is 0.00207 e. The Hall–Kier alpha value is -0.780. The van der Waals surface area contributed by atoms with Crippen molar-refractivity contribution in [2.24, 2.45) is 11.8 Å². The fraction of sp³-hybridized carbons (Fsp3) is 0.538. The summed E-state index contributed by atoms with van der Waals surface area (Å²) in [4.78, 5) is 0. The van der Waals surface area contributed by atoms with E-state index in [1.807, 2.05) is 0 Å². The summed E-state index contributed by atoms with van der Waals surface area (Å²) in [6, 6.07) is 0. The molecule has 0 aromatic rings. The molecule has 2 rings (SSSR count). The molecule has 2 unspecified atom stereocenters. The van der Waals surface area contributed by atoms with Crippen LogP contribution in [0.1, 0.15) is 34.1 Å². The fourth-order valence-corrected chi connectivity index (χ4v) is 2.12. The van der Waals surface area contributed by atoms with Crippen LogP contribution in [0.3, 0.4) is 0 Å². The Bertz CT molecular complexity index is 326. The van der Waals surface area contributed by atoms with Crippen LogP contribution >= 0.6 is 0 Å². The van der Waals surface area contributed by atoms with Gasteiger partial charge >= 0.3 is 0 Å². The Morgan fingerprint density at radius 2 is 1.77 bits per heavy atom. The maximum atomic E-state index is 2.39. The molecule has 0 saturated heterocycles. The molecule has 13 heavy (non-hydrogen) atoms. The van der Waals surface area contributed by atoms with Gasteiger partial charge in [0.15, 0.2) is 0 Å². The average molecular weight is 174 g/mol. The van der Waals surface area contributed by atoms with Crippen LogP contribution in [0.4, 0.5) is 0 Å². The summed E-state index contributed by atoms with van der Waals surface area (Å²) in [7, 11) is 0. The van der Waals surface area contributed by atoms with Gasteiger partial charge in [-0.2, -0.15) is 0 Å². The highest BCUT2D eigenvalue weighted by Crippen LogP contribution is 2.45. The quantitative estimate of drug-likeness (QED) is 0.489. The molecule has 0 nitrogen and oxygen atoms in total. The SMILES string of the molecule is CC1=C(C)C(C)C=CC2CC2=C1C. The van der Waals surface area contributed by atoms with Gasteiger partial charge in [0.1, 0.15) is 0 Å². The number of fused-ring (bicyclic) bond motifs is 1. The van der Waals surface area contributed by atoms with Crippen molar-refractivity contribution in [3.8, 4) is 0 Å². The van der Waals surface area contributed by atoms with Crippen molar-refractivity contribution in [2.75, 3.05) is 0 Å². The third-order valence-corrected chi connectivity index (χ3v) is 3.68. The molecular weight excluding hydrogens is 156 g/mol. The van der Waals surface area contributed by atoms with Crippen molar-refractivity contribution in [1.29, 1.82) is 0 Å². The molecule has 0 aromatic heterocycles. The van der Waals surface area contributed by atoms with Gasteiger partial charge in [-0.1, -0.05) is 30.2 Å². The topological polar surface area (TPSA) is 0 Å². The van der Waals surface area contributed by atoms with E-state index in [-0.39, 0.29) is 0 Å². The van der Waals surface area contributed by atoms with E-state index in [1.54, 1.807) is 11.1 Å². The lowest BCUT2D eigenvalue weighted by Crippen LogP contribution is -1.98. The smallest absolute Gasteiger partial charge is 0.00207 e. The van der Waals surface area contributed by atoms with Crippen molar-refractivity contribution >= 4 is 0 Å². The van der Waals surface area contributed by atoms with Crippen LogP contribution in [-0.4, -0.2) is 0 Å². The van der Waals surface area contributed by atoms with Crippen molar-refractivity contribution in [2.45, 2.75) is 34.1 Å².